The van der Waals surface area contributed by atoms with E-state index < -0.39 is 22.3 Å². The minimum absolute atomic E-state index is 0.246. The Hall–Kier alpha value is -2.47. The number of halogens is 5. The largest absolute Gasteiger partial charge is 0.573 e. The Morgan fingerprint density at radius 2 is 1.75 bits per heavy atom. The maximum atomic E-state index is 12.4. The van der Waals surface area contributed by atoms with E-state index in [1.165, 1.54) is 38.4 Å². The Morgan fingerprint density at radius 1 is 1.06 bits per heavy atom. The van der Waals surface area contributed by atoms with Crippen LogP contribution in [0.5, 0.6) is 5.75 Å². The van der Waals surface area contributed by atoms with Crippen LogP contribution in [-0.2, 0) is 10.2 Å². The van der Waals surface area contributed by atoms with Crippen LogP contribution in [0.15, 0.2) is 36.4 Å². The molecule has 0 amide bonds. The van der Waals surface area contributed by atoms with Crippen LogP contribution in [0.25, 0.3) is 10.9 Å². The molecule has 0 fully saturated rings. The van der Waals surface area contributed by atoms with E-state index in [1.54, 1.807) is 13.0 Å². The van der Waals surface area contributed by atoms with Gasteiger partial charge >= 0.3 is 16.6 Å². The number of hydrogen-bond acceptors (Lipinski definition) is 5. The molecule has 0 bridgehead atoms. The minimum atomic E-state index is -4.86. The van der Waals surface area contributed by atoms with Gasteiger partial charge in [0, 0.05) is 25.2 Å². The van der Waals surface area contributed by atoms with Crippen molar-refractivity contribution in [2.24, 2.45) is 0 Å². The zero-order valence-electron chi connectivity index (χ0n) is 16.9. The summed E-state index contributed by atoms with van der Waals surface area (Å²) in [5, 5.41) is 3.48. The molecule has 1 heterocycles. The van der Waals surface area contributed by atoms with Gasteiger partial charge in [0.25, 0.3) is 0 Å². The molecule has 7 nitrogen and oxygen atoms in total. The van der Waals surface area contributed by atoms with Gasteiger partial charge in [0.2, 0.25) is 0 Å². The number of fused-ring (bicyclic) bond motifs is 1. The number of anilines is 3. The third-order valence-electron chi connectivity index (χ3n) is 4.27. The maximum Gasteiger partial charge on any atom is 0.573 e. The Bertz CT molecular complexity index is 1290. The Morgan fingerprint density at radius 3 is 2.34 bits per heavy atom. The highest BCUT2D eigenvalue weighted by atomic mass is 35.5. The minimum Gasteiger partial charge on any atom is -0.404 e. The molecule has 0 spiro atoms. The van der Waals surface area contributed by atoms with Crippen LogP contribution >= 0.6 is 23.2 Å². The van der Waals surface area contributed by atoms with Gasteiger partial charge in [-0.2, -0.15) is 12.7 Å². The lowest BCUT2D eigenvalue weighted by atomic mass is 10.1. The van der Waals surface area contributed by atoms with Gasteiger partial charge in [0.1, 0.15) is 11.6 Å². The first kappa shape index (κ1) is 24.2. The third-order valence-corrected chi connectivity index (χ3v) is 6.31. The van der Waals surface area contributed by atoms with Gasteiger partial charge in [0.15, 0.2) is 0 Å². The van der Waals surface area contributed by atoms with E-state index >= 15 is 0 Å². The first-order valence-electron chi connectivity index (χ1n) is 8.89. The van der Waals surface area contributed by atoms with Crippen molar-refractivity contribution in [1.82, 2.24) is 9.29 Å². The van der Waals surface area contributed by atoms with Crippen LogP contribution in [0.2, 0.25) is 10.0 Å². The molecule has 2 N–H and O–H groups in total. The third kappa shape index (κ3) is 5.47. The molecule has 2 aromatic carbocycles. The van der Waals surface area contributed by atoms with Gasteiger partial charge in [0.05, 0.1) is 21.2 Å². The second-order valence-corrected chi connectivity index (χ2v) is 9.55. The molecule has 0 aliphatic rings. The van der Waals surface area contributed by atoms with Crippen LogP contribution < -0.4 is 14.8 Å². The molecule has 0 aliphatic heterocycles. The second-order valence-electron chi connectivity index (χ2n) is 6.85. The number of nitrogens with zero attached hydrogens (tertiary/aromatic N) is 2. The van der Waals surface area contributed by atoms with Gasteiger partial charge < -0.3 is 10.1 Å². The molecule has 0 unspecified atom stereocenters. The average Bonchev–Trinajstić information content (AvgIpc) is 2.66. The number of ether oxygens (including phenoxy) is 1. The summed E-state index contributed by atoms with van der Waals surface area (Å²) in [7, 11) is -0.977. The summed E-state index contributed by atoms with van der Waals surface area (Å²) in [6.07, 6.45) is -4.86. The molecule has 0 radical (unpaired) electrons. The number of alkyl halides is 3. The van der Waals surface area contributed by atoms with Crippen molar-refractivity contribution >= 4 is 61.5 Å². The normalized spacial score (nSPS) is 12.3. The Labute approximate surface area is 192 Å². The topological polar surface area (TPSA) is 83.6 Å². The molecule has 32 heavy (non-hydrogen) atoms. The highest BCUT2D eigenvalue weighted by Gasteiger charge is 2.32. The molecular weight excluding hydrogens is 492 g/mol. The summed E-state index contributed by atoms with van der Waals surface area (Å²) in [6, 6.07) is 8.41. The van der Waals surface area contributed by atoms with E-state index in [-0.39, 0.29) is 15.7 Å². The van der Waals surface area contributed by atoms with Gasteiger partial charge in [-0.05, 0) is 48.9 Å². The Kier molecular flexibility index (Phi) is 6.66. The summed E-state index contributed by atoms with van der Waals surface area (Å²) >= 11 is 12.2. The SMILES string of the molecule is Cc1cc2c(NS(=O)(=O)N(C)C)ccc(Cl)c2nc1Nc1ccc(OC(F)(F)F)c(Cl)c1. The Balaban J connectivity index is 1.98. The number of hydrogen-bond donors (Lipinski definition) is 2. The molecule has 3 rings (SSSR count). The van der Waals surface area contributed by atoms with Crippen LogP contribution in [0, 0.1) is 6.92 Å². The van der Waals surface area contributed by atoms with Crippen LogP contribution in [0.1, 0.15) is 5.56 Å². The zero-order valence-corrected chi connectivity index (χ0v) is 19.2. The van der Waals surface area contributed by atoms with Crippen molar-refractivity contribution in [3.63, 3.8) is 0 Å². The summed E-state index contributed by atoms with van der Waals surface area (Å²) in [5.41, 5.74) is 1.59. The van der Waals surface area contributed by atoms with Gasteiger partial charge in [-0.3, -0.25) is 4.72 Å². The van der Waals surface area contributed by atoms with E-state index in [4.69, 9.17) is 23.2 Å². The molecule has 0 saturated heterocycles. The number of pyridine rings is 1. The monoisotopic (exact) mass is 508 g/mol. The molecule has 0 atom stereocenters. The highest BCUT2D eigenvalue weighted by Crippen LogP contribution is 2.35. The molecule has 172 valence electrons. The smallest absolute Gasteiger partial charge is 0.404 e. The lowest BCUT2D eigenvalue weighted by Gasteiger charge is -2.17. The quantitative estimate of drug-likeness (QED) is 0.445. The lowest BCUT2D eigenvalue weighted by molar-refractivity contribution is -0.274. The van der Waals surface area contributed by atoms with Crippen LogP contribution in [-0.4, -0.2) is 38.2 Å². The number of aromatic nitrogens is 1. The van der Waals surface area contributed by atoms with Crippen molar-refractivity contribution < 1.29 is 26.3 Å². The molecular formula is C19H17Cl2F3N4O3S. The fourth-order valence-electron chi connectivity index (χ4n) is 2.69. The van der Waals surface area contributed by atoms with Gasteiger partial charge in [-0.25, -0.2) is 4.98 Å². The van der Waals surface area contributed by atoms with Crippen molar-refractivity contribution in [3.8, 4) is 5.75 Å². The molecule has 0 aliphatic carbocycles. The molecule has 13 heteroatoms. The van der Waals surface area contributed by atoms with E-state index in [2.05, 4.69) is 19.8 Å². The van der Waals surface area contributed by atoms with Crippen molar-refractivity contribution in [2.75, 3.05) is 24.1 Å². The van der Waals surface area contributed by atoms with Crippen molar-refractivity contribution in [3.05, 3.63) is 52.0 Å². The van der Waals surface area contributed by atoms with Gasteiger partial charge in [-0.15, -0.1) is 13.2 Å². The summed E-state index contributed by atoms with van der Waals surface area (Å²) in [6.45, 7) is 1.72. The fraction of sp³-hybridized carbons (Fsp3) is 0.211. The summed E-state index contributed by atoms with van der Waals surface area (Å²) in [5.74, 6) is -0.179. The van der Waals surface area contributed by atoms with Crippen LogP contribution in [0.3, 0.4) is 0 Å². The molecule has 3 aromatic rings. The number of nitrogens with one attached hydrogen (secondary N) is 2. The van der Waals surface area contributed by atoms with E-state index in [0.717, 1.165) is 10.4 Å². The van der Waals surface area contributed by atoms with E-state index in [1.807, 2.05) is 0 Å². The first-order chi connectivity index (χ1) is 14.8. The number of aryl methyl sites for hydroxylation is 1. The summed E-state index contributed by atoms with van der Waals surface area (Å²) in [4.78, 5) is 4.47. The van der Waals surface area contributed by atoms with Crippen molar-refractivity contribution in [1.29, 1.82) is 0 Å². The second kappa shape index (κ2) is 8.81. The average molecular weight is 509 g/mol. The lowest BCUT2D eigenvalue weighted by Crippen LogP contribution is -2.29. The fourth-order valence-corrected chi connectivity index (χ4v) is 3.76. The predicted octanol–water partition coefficient (Wildman–Crippen LogP) is 5.71. The predicted molar refractivity (Wildman–Crippen MR) is 119 cm³/mol. The van der Waals surface area contributed by atoms with Crippen LogP contribution in [0.4, 0.5) is 30.4 Å². The van der Waals surface area contributed by atoms with E-state index in [0.29, 0.717) is 28.0 Å². The number of benzene rings is 2. The number of rotatable bonds is 6. The molecule has 0 saturated carbocycles. The molecule has 1 aromatic heterocycles. The standard InChI is InChI=1S/C19H17Cl2F3N4O3S/c1-10-8-12-15(27-32(29,30)28(2)3)6-5-13(20)17(12)26-18(10)25-11-4-7-16(14(21)9-11)31-19(22,23)24/h4-9,27H,1-3H3,(H,25,26). The summed E-state index contributed by atoms with van der Waals surface area (Å²) < 4.78 is 69.1. The highest BCUT2D eigenvalue weighted by molar-refractivity contribution is 7.90. The van der Waals surface area contributed by atoms with Gasteiger partial charge in [-0.1, -0.05) is 23.2 Å². The van der Waals surface area contributed by atoms with Crippen molar-refractivity contribution in [2.45, 2.75) is 13.3 Å². The first-order valence-corrected chi connectivity index (χ1v) is 11.1. The van der Waals surface area contributed by atoms with E-state index in [9.17, 15) is 21.6 Å². The maximum absolute atomic E-state index is 12.4. The zero-order chi connectivity index (χ0) is 23.8.